The number of hydrogen-bond acceptors (Lipinski definition) is 6. The Morgan fingerprint density at radius 1 is 1.59 bits per heavy atom. The van der Waals surface area contributed by atoms with Crippen LogP contribution in [0.1, 0.15) is 0 Å². The minimum Gasteiger partial charge on any atom is -0.481 e. The molecule has 2 aromatic rings. The first-order chi connectivity index (χ1) is 8.09. The Labute approximate surface area is 100 Å². The van der Waals surface area contributed by atoms with E-state index in [2.05, 4.69) is 15.3 Å². The summed E-state index contributed by atoms with van der Waals surface area (Å²) in [5, 5.41) is 20.7. The lowest BCUT2D eigenvalue weighted by Crippen LogP contribution is -2.13. The van der Waals surface area contributed by atoms with E-state index in [0.717, 1.165) is 11.8 Å². The Morgan fingerprint density at radius 2 is 2.35 bits per heavy atom. The molecule has 0 amide bonds. The highest BCUT2D eigenvalue weighted by Gasteiger charge is 2.15. The molecular weight excluding hydrogens is 244 g/mol. The number of carbonyl (C=O) groups is 1. The first kappa shape index (κ1) is 11.5. The van der Waals surface area contributed by atoms with Crippen LogP contribution in [0, 0.1) is 0 Å². The quantitative estimate of drug-likeness (QED) is 0.562. The molecular formula is C8H10N6O2S. The van der Waals surface area contributed by atoms with E-state index in [1.807, 2.05) is 0 Å². The van der Waals surface area contributed by atoms with Gasteiger partial charge in [0.1, 0.15) is 5.69 Å². The monoisotopic (exact) mass is 254 g/mol. The molecule has 0 saturated carbocycles. The second kappa shape index (κ2) is 4.45. The standard InChI is InChI=1S/C8H10N6O2S/c1-13-5(2-3-10-13)7-11-12-8(14(7)9)17-4-6(15)16/h2-3H,4,9H2,1H3,(H,15,16). The molecule has 0 spiro atoms. The van der Waals surface area contributed by atoms with Crippen molar-refractivity contribution in [2.75, 3.05) is 11.6 Å². The third-order valence-corrected chi connectivity index (χ3v) is 2.97. The van der Waals surface area contributed by atoms with Crippen molar-refractivity contribution in [3.63, 3.8) is 0 Å². The maximum atomic E-state index is 10.4. The number of nitrogens with two attached hydrogens (primary N) is 1. The number of hydrogen-bond donors (Lipinski definition) is 2. The van der Waals surface area contributed by atoms with Gasteiger partial charge in [0, 0.05) is 13.2 Å². The molecule has 3 N–H and O–H groups in total. The molecule has 0 bridgehead atoms. The lowest BCUT2D eigenvalue weighted by molar-refractivity contribution is -0.133. The van der Waals surface area contributed by atoms with E-state index in [9.17, 15) is 4.79 Å². The molecule has 2 aromatic heterocycles. The molecule has 2 heterocycles. The summed E-state index contributed by atoms with van der Waals surface area (Å²) in [4.78, 5) is 10.4. The highest BCUT2D eigenvalue weighted by Crippen LogP contribution is 2.20. The summed E-state index contributed by atoms with van der Waals surface area (Å²) in [6.07, 6.45) is 1.62. The number of rotatable bonds is 4. The summed E-state index contributed by atoms with van der Waals surface area (Å²) >= 11 is 1.01. The number of aryl methyl sites for hydroxylation is 1. The average Bonchev–Trinajstić information content (AvgIpc) is 2.82. The number of nitrogen functional groups attached to an aromatic ring is 1. The normalized spacial score (nSPS) is 10.6. The summed E-state index contributed by atoms with van der Waals surface area (Å²) in [6, 6.07) is 1.75. The fraction of sp³-hybridized carbons (Fsp3) is 0.250. The van der Waals surface area contributed by atoms with E-state index in [4.69, 9.17) is 10.9 Å². The number of carboxylic acids is 1. The van der Waals surface area contributed by atoms with Crippen molar-refractivity contribution in [3.05, 3.63) is 12.3 Å². The van der Waals surface area contributed by atoms with Crippen LogP contribution in [0.3, 0.4) is 0 Å². The fourth-order valence-corrected chi connectivity index (χ4v) is 1.85. The topological polar surface area (TPSA) is 112 Å². The zero-order valence-electron chi connectivity index (χ0n) is 8.94. The Bertz CT molecular complexity index is 548. The van der Waals surface area contributed by atoms with Crippen LogP contribution in [0.5, 0.6) is 0 Å². The summed E-state index contributed by atoms with van der Waals surface area (Å²) in [5.41, 5.74) is 0.710. The first-order valence-corrected chi connectivity index (χ1v) is 5.61. The van der Waals surface area contributed by atoms with Crippen LogP contribution >= 0.6 is 11.8 Å². The molecule has 0 aliphatic heterocycles. The van der Waals surface area contributed by atoms with Crippen molar-refractivity contribution >= 4 is 17.7 Å². The van der Waals surface area contributed by atoms with Gasteiger partial charge in [-0.3, -0.25) is 9.48 Å². The molecule has 17 heavy (non-hydrogen) atoms. The van der Waals surface area contributed by atoms with Crippen LogP contribution < -0.4 is 5.84 Å². The average molecular weight is 254 g/mol. The van der Waals surface area contributed by atoms with E-state index in [1.165, 1.54) is 4.68 Å². The van der Waals surface area contributed by atoms with Crippen LogP contribution in [-0.4, -0.2) is 41.5 Å². The van der Waals surface area contributed by atoms with E-state index in [1.54, 1.807) is 24.0 Å². The molecule has 0 saturated heterocycles. The lowest BCUT2D eigenvalue weighted by atomic mass is 10.4. The molecule has 0 aliphatic carbocycles. The van der Waals surface area contributed by atoms with Crippen molar-refractivity contribution in [1.82, 2.24) is 24.7 Å². The smallest absolute Gasteiger partial charge is 0.313 e. The van der Waals surface area contributed by atoms with Crippen LogP contribution in [0.2, 0.25) is 0 Å². The number of thioether (sulfide) groups is 1. The molecule has 2 rings (SSSR count). The van der Waals surface area contributed by atoms with Crippen LogP contribution in [0.15, 0.2) is 17.4 Å². The van der Waals surface area contributed by atoms with Gasteiger partial charge < -0.3 is 10.9 Å². The van der Waals surface area contributed by atoms with Gasteiger partial charge in [0.05, 0.1) is 5.75 Å². The highest BCUT2D eigenvalue weighted by atomic mass is 32.2. The zero-order chi connectivity index (χ0) is 12.4. The van der Waals surface area contributed by atoms with Crippen molar-refractivity contribution < 1.29 is 9.90 Å². The molecule has 8 nitrogen and oxygen atoms in total. The number of aromatic nitrogens is 5. The predicted octanol–water partition coefficient (Wildman–Crippen LogP) is -0.431. The van der Waals surface area contributed by atoms with E-state index < -0.39 is 5.97 Å². The summed E-state index contributed by atoms with van der Waals surface area (Å²) in [5.74, 6) is 5.19. The van der Waals surface area contributed by atoms with Crippen molar-refractivity contribution in [2.24, 2.45) is 7.05 Å². The van der Waals surface area contributed by atoms with E-state index in [-0.39, 0.29) is 5.75 Å². The van der Waals surface area contributed by atoms with Gasteiger partial charge in [-0.2, -0.15) is 5.10 Å². The minimum absolute atomic E-state index is 0.110. The van der Waals surface area contributed by atoms with Crippen LogP contribution in [0.25, 0.3) is 11.5 Å². The Hall–Kier alpha value is -2.03. The number of nitrogens with zero attached hydrogens (tertiary/aromatic N) is 5. The van der Waals surface area contributed by atoms with Gasteiger partial charge in [-0.15, -0.1) is 10.2 Å². The molecule has 0 radical (unpaired) electrons. The van der Waals surface area contributed by atoms with Gasteiger partial charge in [0.2, 0.25) is 11.0 Å². The predicted molar refractivity (Wildman–Crippen MR) is 60.7 cm³/mol. The van der Waals surface area contributed by atoms with Gasteiger partial charge in [-0.05, 0) is 6.07 Å². The van der Waals surface area contributed by atoms with Gasteiger partial charge in [0.25, 0.3) is 0 Å². The van der Waals surface area contributed by atoms with Gasteiger partial charge in [-0.25, -0.2) is 4.68 Å². The van der Waals surface area contributed by atoms with E-state index in [0.29, 0.717) is 16.7 Å². The maximum absolute atomic E-state index is 10.4. The van der Waals surface area contributed by atoms with E-state index >= 15 is 0 Å². The Balaban J connectivity index is 2.27. The third kappa shape index (κ3) is 2.23. The second-order valence-electron chi connectivity index (χ2n) is 3.20. The van der Waals surface area contributed by atoms with Gasteiger partial charge >= 0.3 is 5.97 Å². The highest BCUT2D eigenvalue weighted by molar-refractivity contribution is 7.99. The molecule has 90 valence electrons. The lowest BCUT2D eigenvalue weighted by Gasteiger charge is -2.02. The SMILES string of the molecule is Cn1nccc1-c1nnc(SCC(=O)O)n1N. The summed E-state index contributed by atoms with van der Waals surface area (Å²) < 4.78 is 2.86. The molecule has 9 heteroatoms. The largest absolute Gasteiger partial charge is 0.481 e. The second-order valence-corrected chi connectivity index (χ2v) is 4.14. The molecule has 0 atom stereocenters. The Kier molecular flexibility index (Phi) is 3.00. The molecule has 0 aliphatic rings. The van der Waals surface area contributed by atoms with Crippen molar-refractivity contribution in [3.8, 4) is 11.5 Å². The van der Waals surface area contributed by atoms with Crippen molar-refractivity contribution in [2.45, 2.75) is 5.16 Å². The summed E-state index contributed by atoms with van der Waals surface area (Å²) in [6.45, 7) is 0. The minimum atomic E-state index is -0.930. The van der Waals surface area contributed by atoms with Gasteiger partial charge in [-0.1, -0.05) is 11.8 Å². The Morgan fingerprint density at radius 3 is 2.94 bits per heavy atom. The number of carboxylic acid groups (broad SMARTS) is 1. The number of aliphatic carboxylic acids is 1. The van der Waals surface area contributed by atoms with Crippen LogP contribution in [-0.2, 0) is 11.8 Å². The van der Waals surface area contributed by atoms with Crippen molar-refractivity contribution in [1.29, 1.82) is 0 Å². The first-order valence-electron chi connectivity index (χ1n) is 4.63. The van der Waals surface area contributed by atoms with Gasteiger partial charge in [0.15, 0.2) is 0 Å². The fourth-order valence-electron chi connectivity index (χ4n) is 1.27. The molecule has 0 unspecified atom stereocenters. The maximum Gasteiger partial charge on any atom is 0.313 e. The van der Waals surface area contributed by atoms with Crippen LogP contribution in [0.4, 0.5) is 0 Å². The zero-order valence-corrected chi connectivity index (χ0v) is 9.76. The third-order valence-electron chi connectivity index (χ3n) is 2.04. The molecule has 0 aromatic carbocycles. The molecule has 0 fully saturated rings. The summed E-state index contributed by atoms with van der Waals surface area (Å²) in [7, 11) is 1.76.